The van der Waals surface area contributed by atoms with Gasteiger partial charge in [-0.1, -0.05) is 20.8 Å². The number of nitrogens with two attached hydrogens (primary N) is 1. The van der Waals surface area contributed by atoms with Crippen molar-refractivity contribution < 1.29 is 0 Å². The summed E-state index contributed by atoms with van der Waals surface area (Å²) in [6.45, 7) is 14.4. The maximum absolute atomic E-state index is 5.80. The molecular formula is C12H28N2. The summed E-state index contributed by atoms with van der Waals surface area (Å²) in [5, 5.41) is 0. The summed E-state index contributed by atoms with van der Waals surface area (Å²) in [6.07, 6.45) is 1.25. The van der Waals surface area contributed by atoms with E-state index in [1.54, 1.807) is 0 Å². The van der Waals surface area contributed by atoms with Crippen molar-refractivity contribution in [3.8, 4) is 0 Å². The average molecular weight is 200 g/mol. The van der Waals surface area contributed by atoms with E-state index in [9.17, 15) is 0 Å². The molecule has 0 rings (SSSR count). The molecule has 86 valence electrons. The first-order chi connectivity index (χ1) is 6.51. The van der Waals surface area contributed by atoms with Crippen molar-refractivity contribution in [2.45, 2.75) is 47.1 Å². The van der Waals surface area contributed by atoms with E-state index in [-0.39, 0.29) is 0 Å². The normalized spacial score (nSPS) is 14.4. The minimum atomic E-state index is 0.640. The van der Waals surface area contributed by atoms with Crippen molar-refractivity contribution in [1.82, 2.24) is 4.90 Å². The van der Waals surface area contributed by atoms with Gasteiger partial charge in [-0.15, -0.1) is 0 Å². The van der Waals surface area contributed by atoms with E-state index in [2.05, 4.69) is 39.5 Å². The summed E-state index contributed by atoms with van der Waals surface area (Å²) in [6, 6.07) is 0.640. The summed E-state index contributed by atoms with van der Waals surface area (Å²) in [4.78, 5) is 2.50. The van der Waals surface area contributed by atoms with Crippen LogP contribution in [0.1, 0.15) is 41.0 Å². The second-order valence-electron chi connectivity index (χ2n) is 4.91. The Labute approximate surface area is 89.9 Å². The maximum Gasteiger partial charge on any atom is 0.00385 e. The van der Waals surface area contributed by atoms with Gasteiger partial charge in [0.25, 0.3) is 0 Å². The lowest BCUT2D eigenvalue weighted by Crippen LogP contribution is -2.37. The van der Waals surface area contributed by atoms with E-state index in [1.807, 2.05) is 0 Å². The summed E-state index contributed by atoms with van der Waals surface area (Å²) in [5.74, 6) is 1.42. The Kier molecular flexibility index (Phi) is 7.20. The fraction of sp³-hybridized carbons (Fsp3) is 1.00. The van der Waals surface area contributed by atoms with Crippen LogP contribution < -0.4 is 5.73 Å². The molecule has 0 aromatic rings. The van der Waals surface area contributed by atoms with E-state index in [4.69, 9.17) is 5.73 Å². The second kappa shape index (κ2) is 7.24. The van der Waals surface area contributed by atoms with Gasteiger partial charge >= 0.3 is 0 Å². The molecule has 0 amide bonds. The van der Waals surface area contributed by atoms with Crippen LogP contribution in [-0.4, -0.2) is 30.6 Å². The van der Waals surface area contributed by atoms with Crippen LogP contribution in [0.25, 0.3) is 0 Å². The molecule has 0 spiro atoms. The predicted molar refractivity (Wildman–Crippen MR) is 64.4 cm³/mol. The quantitative estimate of drug-likeness (QED) is 0.683. The van der Waals surface area contributed by atoms with Gasteiger partial charge in [-0.3, -0.25) is 0 Å². The highest BCUT2D eigenvalue weighted by Gasteiger charge is 2.15. The lowest BCUT2D eigenvalue weighted by Gasteiger charge is -2.29. The molecule has 0 radical (unpaired) electrons. The zero-order valence-corrected chi connectivity index (χ0v) is 10.6. The SMILES string of the molecule is CCN(CC(CN)CC(C)C)C(C)C. The molecule has 0 aliphatic rings. The van der Waals surface area contributed by atoms with Gasteiger partial charge in [0.2, 0.25) is 0 Å². The molecule has 0 aliphatic carbocycles. The molecule has 1 unspecified atom stereocenters. The van der Waals surface area contributed by atoms with Crippen LogP contribution >= 0.6 is 0 Å². The fourth-order valence-corrected chi connectivity index (χ4v) is 1.95. The third-order valence-corrected chi connectivity index (χ3v) is 2.77. The van der Waals surface area contributed by atoms with Crippen LogP contribution in [0.5, 0.6) is 0 Å². The molecule has 0 fully saturated rings. The van der Waals surface area contributed by atoms with Crippen LogP contribution in [0.3, 0.4) is 0 Å². The van der Waals surface area contributed by atoms with Crippen molar-refractivity contribution in [3.05, 3.63) is 0 Å². The van der Waals surface area contributed by atoms with Gasteiger partial charge in [0.15, 0.2) is 0 Å². The molecule has 0 saturated heterocycles. The van der Waals surface area contributed by atoms with Gasteiger partial charge in [-0.2, -0.15) is 0 Å². The highest BCUT2D eigenvalue weighted by molar-refractivity contribution is 4.70. The van der Waals surface area contributed by atoms with Crippen molar-refractivity contribution in [1.29, 1.82) is 0 Å². The monoisotopic (exact) mass is 200 g/mol. The first-order valence-corrected chi connectivity index (χ1v) is 5.95. The minimum absolute atomic E-state index is 0.640. The fourth-order valence-electron chi connectivity index (χ4n) is 1.95. The number of rotatable bonds is 7. The van der Waals surface area contributed by atoms with Crippen molar-refractivity contribution in [3.63, 3.8) is 0 Å². The predicted octanol–water partition coefficient (Wildman–Crippen LogP) is 2.34. The zero-order chi connectivity index (χ0) is 11.1. The molecule has 14 heavy (non-hydrogen) atoms. The van der Waals surface area contributed by atoms with Gasteiger partial charge in [-0.05, 0) is 45.2 Å². The Hall–Kier alpha value is -0.0800. The van der Waals surface area contributed by atoms with E-state index < -0.39 is 0 Å². The molecule has 0 aromatic carbocycles. The molecule has 0 aliphatic heterocycles. The second-order valence-corrected chi connectivity index (χ2v) is 4.91. The van der Waals surface area contributed by atoms with Gasteiger partial charge in [0, 0.05) is 12.6 Å². The first-order valence-electron chi connectivity index (χ1n) is 5.95. The third-order valence-electron chi connectivity index (χ3n) is 2.77. The Bertz CT molecular complexity index is 132. The highest BCUT2D eigenvalue weighted by atomic mass is 15.1. The van der Waals surface area contributed by atoms with Gasteiger partial charge in [0.1, 0.15) is 0 Å². The van der Waals surface area contributed by atoms with Crippen LogP contribution in [0.2, 0.25) is 0 Å². The Morgan fingerprint density at radius 2 is 1.71 bits per heavy atom. The first kappa shape index (κ1) is 13.9. The molecular weight excluding hydrogens is 172 g/mol. The van der Waals surface area contributed by atoms with E-state index in [0.717, 1.165) is 25.6 Å². The van der Waals surface area contributed by atoms with Gasteiger partial charge in [-0.25, -0.2) is 0 Å². The number of hydrogen-bond acceptors (Lipinski definition) is 2. The molecule has 2 heteroatoms. The Morgan fingerprint density at radius 1 is 1.14 bits per heavy atom. The summed E-state index contributed by atoms with van der Waals surface area (Å²) < 4.78 is 0. The van der Waals surface area contributed by atoms with E-state index in [0.29, 0.717) is 12.0 Å². The van der Waals surface area contributed by atoms with E-state index in [1.165, 1.54) is 6.42 Å². The smallest absolute Gasteiger partial charge is 0.00385 e. The Morgan fingerprint density at radius 3 is 2.00 bits per heavy atom. The molecule has 0 heterocycles. The molecule has 1 atom stereocenters. The van der Waals surface area contributed by atoms with Crippen molar-refractivity contribution in [2.24, 2.45) is 17.6 Å². The summed E-state index contributed by atoms with van der Waals surface area (Å²) >= 11 is 0. The largest absolute Gasteiger partial charge is 0.330 e. The van der Waals surface area contributed by atoms with E-state index >= 15 is 0 Å². The Balaban J connectivity index is 4.00. The third kappa shape index (κ3) is 5.61. The molecule has 2 N–H and O–H groups in total. The van der Waals surface area contributed by atoms with Crippen molar-refractivity contribution in [2.75, 3.05) is 19.6 Å². The zero-order valence-electron chi connectivity index (χ0n) is 10.6. The highest BCUT2D eigenvalue weighted by Crippen LogP contribution is 2.13. The van der Waals surface area contributed by atoms with Crippen LogP contribution in [0.4, 0.5) is 0 Å². The molecule has 2 nitrogen and oxygen atoms in total. The van der Waals surface area contributed by atoms with Crippen LogP contribution in [0.15, 0.2) is 0 Å². The molecule has 0 saturated carbocycles. The summed E-state index contributed by atoms with van der Waals surface area (Å²) in [7, 11) is 0. The molecule has 0 aromatic heterocycles. The lowest BCUT2D eigenvalue weighted by molar-refractivity contribution is 0.187. The van der Waals surface area contributed by atoms with Crippen molar-refractivity contribution >= 4 is 0 Å². The molecule has 0 bridgehead atoms. The van der Waals surface area contributed by atoms with Gasteiger partial charge in [0.05, 0.1) is 0 Å². The maximum atomic E-state index is 5.80. The number of nitrogens with zero attached hydrogens (tertiary/aromatic N) is 1. The topological polar surface area (TPSA) is 29.3 Å². The number of hydrogen-bond donors (Lipinski definition) is 1. The minimum Gasteiger partial charge on any atom is -0.330 e. The van der Waals surface area contributed by atoms with Gasteiger partial charge < -0.3 is 10.6 Å². The summed E-state index contributed by atoms with van der Waals surface area (Å²) in [5.41, 5.74) is 5.80. The standard InChI is InChI=1S/C12H28N2/c1-6-14(11(4)5)9-12(8-13)7-10(2)3/h10-12H,6-9,13H2,1-5H3. The van der Waals surface area contributed by atoms with Crippen LogP contribution in [-0.2, 0) is 0 Å². The van der Waals surface area contributed by atoms with Crippen LogP contribution in [0, 0.1) is 11.8 Å². The average Bonchev–Trinajstić information content (AvgIpc) is 2.10. The lowest BCUT2D eigenvalue weighted by atomic mass is 9.96.